The van der Waals surface area contributed by atoms with E-state index in [0.29, 0.717) is 17.4 Å². The Balaban J connectivity index is 1.45. The van der Waals surface area contributed by atoms with Crippen LogP contribution in [-0.2, 0) is 11.3 Å². The fraction of sp³-hybridized carbons (Fsp3) is 0.143. The first-order chi connectivity index (χ1) is 14.5. The fourth-order valence-electron chi connectivity index (χ4n) is 2.88. The number of rotatable bonds is 6. The van der Waals surface area contributed by atoms with Crippen LogP contribution in [0, 0.1) is 12.7 Å². The van der Waals surface area contributed by atoms with Gasteiger partial charge in [0.25, 0.3) is 0 Å². The van der Waals surface area contributed by atoms with Crippen molar-refractivity contribution >= 4 is 23.3 Å². The van der Waals surface area contributed by atoms with Gasteiger partial charge in [0.1, 0.15) is 5.82 Å². The number of aromatic nitrogens is 4. The number of nitrogens with one attached hydrogen (secondary N) is 1. The van der Waals surface area contributed by atoms with Crippen LogP contribution in [0.2, 0.25) is 0 Å². The molecule has 0 aliphatic rings. The van der Waals surface area contributed by atoms with Gasteiger partial charge in [-0.1, -0.05) is 47.7 Å². The number of aryl methyl sites for hydroxylation is 1. The fourth-order valence-corrected chi connectivity index (χ4v) is 3.63. The minimum absolute atomic E-state index is 0.101. The first kappa shape index (κ1) is 19.8. The van der Waals surface area contributed by atoms with Gasteiger partial charge in [0, 0.05) is 18.9 Å². The van der Waals surface area contributed by atoms with Crippen LogP contribution in [0.3, 0.4) is 0 Å². The highest BCUT2D eigenvalue weighted by molar-refractivity contribution is 7.99. The van der Waals surface area contributed by atoms with Crippen molar-refractivity contribution in [2.45, 2.75) is 18.6 Å². The molecule has 0 unspecified atom stereocenters. The Bertz CT molecular complexity index is 1270. The summed E-state index contributed by atoms with van der Waals surface area (Å²) in [5.74, 6) is -0.446. The second-order valence-electron chi connectivity index (χ2n) is 6.68. The van der Waals surface area contributed by atoms with Gasteiger partial charge in [-0.05, 0) is 30.7 Å². The van der Waals surface area contributed by atoms with Crippen LogP contribution < -0.4 is 10.9 Å². The molecule has 0 aliphatic heterocycles. The predicted molar refractivity (Wildman–Crippen MR) is 112 cm³/mol. The van der Waals surface area contributed by atoms with E-state index >= 15 is 0 Å². The lowest BCUT2D eigenvalue weighted by atomic mass is 10.1. The predicted octanol–water partition coefficient (Wildman–Crippen LogP) is 2.74. The summed E-state index contributed by atoms with van der Waals surface area (Å²) in [6.07, 6.45) is 3.14. The number of carbonyl (C=O) groups excluding carboxylic acids is 1. The third-order valence-corrected chi connectivity index (χ3v) is 5.41. The summed E-state index contributed by atoms with van der Waals surface area (Å²) >= 11 is 1.18. The van der Waals surface area contributed by atoms with Gasteiger partial charge < -0.3 is 5.32 Å². The van der Waals surface area contributed by atoms with Gasteiger partial charge in [-0.15, -0.1) is 10.2 Å². The van der Waals surface area contributed by atoms with Crippen LogP contribution in [0.1, 0.15) is 11.1 Å². The standard InChI is InChI=1S/C21H18FN5O2S/c1-14-5-7-15(8-6-14)12-23-18(28)13-30-21-25-24-19-20(29)26(9-10-27(19)21)17-4-2-3-16(22)11-17/h2-11H,12-13H2,1H3,(H,23,28). The summed E-state index contributed by atoms with van der Waals surface area (Å²) < 4.78 is 16.3. The molecular weight excluding hydrogens is 405 g/mol. The maximum absolute atomic E-state index is 13.5. The van der Waals surface area contributed by atoms with Gasteiger partial charge in [0.15, 0.2) is 5.16 Å². The molecule has 0 radical (unpaired) electrons. The molecule has 0 atom stereocenters. The van der Waals surface area contributed by atoms with E-state index < -0.39 is 11.4 Å². The normalized spacial score (nSPS) is 11.0. The highest BCUT2D eigenvalue weighted by Gasteiger charge is 2.13. The molecular formula is C21H18FN5O2S. The molecule has 1 N–H and O–H groups in total. The van der Waals surface area contributed by atoms with E-state index in [-0.39, 0.29) is 17.3 Å². The summed E-state index contributed by atoms with van der Waals surface area (Å²) in [5.41, 5.74) is 2.26. The van der Waals surface area contributed by atoms with E-state index in [1.165, 1.54) is 45.1 Å². The van der Waals surface area contributed by atoms with Crippen molar-refractivity contribution < 1.29 is 9.18 Å². The Morgan fingerprint density at radius 3 is 2.70 bits per heavy atom. The van der Waals surface area contributed by atoms with Crippen LogP contribution in [0.4, 0.5) is 4.39 Å². The first-order valence-corrected chi connectivity index (χ1v) is 10.2. The molecule has 0 bridgehead atoms. The topological polar surface area (TPSA) is 81.3 Å². The highest BCUT2D eigenvalue weighted by atomic mass is 32.2. The Morgan fingerprint density at radius 2 is 1.93 bits per heavy atom. The lowest BCUT2D eigenvalue weighted by molar-refractivity contribution is -0.118. The summed E-state index contributed by atoms with van der Waals surface area (Å²) in [4.78, 5) is 24.9. The third kappa shape index (κ3) is 4.25. The lowest BCUT2D eigenvalue weighted by Crippen LogP contribution is -2.24. The van der Waals surface area contributed by atoms with E-state index in [9.17, 15) is 14.0 Å². The molecule has 1 amide bonds. The maximum Gasteiger partial charge on any atom is 0.300 e. The quantitative estimate of drug-likeness (QED) is 0.483. The smallest absolute Gasteiger partial charge is 0.300 e. The molecule has 7 nitrogen and oxygen atoms in total. The van der Waals surface area contributed by atoms with Gasteiger partial charge in [-0.3, -0.25) is 18.6 Å². The van der Waals surface area contributed by atoms with Gasteiger partial charge in [-0.25, -0.2) is 4.39 Å². The van der Waals surface area contributed by atoms with Crippen LogP contribution in [0.5, 0.6) is 0 Å². The SMILES string of the molecule is Cc1ccc(CNC(=O)CSc2nnc3c(=O)n(-c4cccc(F)c4)ccn23)cc1. The van der Waals surface area contributed by atoms with E-state index in [2.05, 4.69) is 15.5 Å². The van der Waals surface area contributed by atoms with Crippen molar-refractivity contribution in [3.8, 4) is 5.69 Å². The molecule has 0 fully saturated rings. The van der Waals surface area contributed by atoms with E-state index in [4.69, 9.17) is 0 Å². The number of amides is 1. The Kier molecular flexibility index (Phi) is 5.62. The van der Waals surface area contributed by atoms with E-state index in [0.717, 1.165) is 11.1 Å². The number of nitrogens with zero attached hydrogens (tertiary/aromatic N) is 4. The second kappa shape index (κ2) is 8.50. The number of carbonyl (C=O) groups is 1. The molecule has 4 rings (SSSR count). The molecule has 0 saturated heterocycles. The van der Waals surface area contributed by atoms with E-state index in [1.54, 1.807) is 12.3 Å². The summed E-state index contributed by atoms with van der Waals surface area (Å²) in [6, 6.07) is 13.7. The second-order valence-corrected chi connectivity index (χ2v) is 7.62. The number of thioether (sulfide) groups is 1. The third-order valence-electron chi connectivity index (χ3n) is 4.47. The number of benzene rings is 2. The minimum atomic E-state index is -0.436. The van der Waals surface area contributed by atoms with Crippen molar-refractivity contribution in [3.05, 3.63) is 88.2 Å². The van der Waals surface area contributed by atoms with Crippen molar-refractivity contribution in [2.24, 2.45) is 0 Å². The van der Waals surface area contributed by atoms with Gasteiger partial charge >= 0.3 is 5.56 Å². The number of halogens is 1. The molecule has 4 aromatic rings. The van der Waals surface area contributed by atoms with Crippen LogP contribution >= 0.6 is 11.8 Å². The maximum atomic E-state index is 13.5. The molecule has 0 aliphatic carbocycles. The summed E-state index contributed by atoms with van der Waals surface area (Å²) in [5, 5.41) is 11.2. The molecule has 30 heavy (non-hydrogen) atoms. The monoisotopic (exact) mass is 423 g/mol. The summed E-state index contributed by atoms with van der Waals surface area (Å²) in [6.45, 7) is 2.45. The molecule has 0 spiro atoms. The Labute approximate surface area is 175 Å². The van der Waals surface area contributed by atoms with Crippen LogP contribution in [0.25, 0.3) is 11.3 Å². The molecule has 9 heteroatoms. The molecule has 2 aromatic heterocycles. The molecule has 2 aromatic carbocycles. The first-order valence-electron chi connectivity index (χ1n) is 9.18. The zero-order chi connectivity index (χ0) is 21.1. The van der Waals surface area contributed by atoms with Crippen molar-refractivity contribution in [1.29, 1.82) is 0 Å². The number of fused-ring (bicyclic) bond motifs is 1. The molecule has 0 saturated carbocycles. The van der Waals surface area contributed by atoms with Crippen molar-refractivity contribution in [3.63, 3.8) is 0 Å². The average molecular weight is 423 g/mol. The average Bonchev–Trinajstić information content (AvgIpc) is 3.16. The Hall–Kier alpha value is -3.46. The van der Waals surface area contributed by atoms with Crippen molar-refractivity contribution in [2.75, 3.05) is 5.75 Å². The highest BCUT2D eigenvalue weighted by Crippen LogP contribution is 2.16. The number of hydrogen-bond donors (Lipinski definition) is 1. The molecule has 152 valence electrons. The van der Waals surface area contributed by atoms with Crippen molar-refractivity contribution in [1.82, 2.24) is 24.5 Å². The number of hydrogen-bond acceptors (Lipinski definition) is 5. The van der Waals surface area contributed by atoms with Gasteiger partial charge in [-0.2, -0.15) is 0 Å². The van der Waals surface area contributed by atoms with E-state index in [1.807, 2.05) is 31.2 Å². The zero-order valence-electron chi connectivity index (χ0n) is 16.1. The van der Waals surface area contributed by atoms with Gasteiger partial charge in [0.2, 0.25) is 11.6 Å². The largest absolute Gasteiger partial charge is 0.351 e. The molecule has 2 heterocycles. The van der Waals surface area contributed by atoms with Gasteiger partial charge in [0.05, 0.1) is 11.4 Å². The minimum Gasteiger partial charge on any atom is -0.351 e. The van der Waals surface area contributed by atoms with Crippen LogP contribution in [-0.4, -0.2) is 30.8 Å². The Morgan fingerprint density at radius 1 is 1.13 bits per heavy atom. The lowest BCUT2D eigenvalue weighted by Gasteiger charge is -2.07. The zero-order valence-corrected chi connectivity index (χ0v) is 16.9. The van der Waals surface area contributed by atoms with Crippen LogP contribution in [0.15, 0.2) is 70.9 Å². The summed E-state index contributed by atoms with van der Waals surface area (Å²) in [7, 11) is 0.